The maximum atomic E-state index is 11.1. The molecular weight excluding hydrogens is 236 g/mol. The molecule has 0 aliphatic rings. The predicted octanol–water partition coefficient (Wildman–Crippen LogP) is -0.317. The number of hydrogen-bond acceptors (Lipinski definition) is 6. The van der Waals surface area contributed by atoms with Crippen molar-refractivity contribution in [2.24, 2.45) is 7.05 Å². The Morgan fingerprint density at radius 1 is 1.56 bits per heavy atom. The Morgan fingerprint density at radius 3 is 2.69 bits per heavy atom. The molecule has 1 heterocycles. The number of aryl methyl sites for hydroxylation is 1. The van der Waals surface area contributed by atoms with Crippen LogP contribution in [0, 0.1) is 0 Å². The van der Waals surface area contributed by atoms with Gasteiger partial charge in [-0.2, -0.15) is 13.5 Å². The molecule has 1 aromatic heterocycles. The number of nitrogens with zero attached hydrogens (tertiary/aromatic N) is 2. The summed E-state index contributed by atoms with van der Waals surface area (Å²) in [5, 5.41) is 3.85. The summed E-state index contributed by atoms with van der Waals surface area (Å²) < 4.78 is 32.0. The normalized spacial score (nSPS) is 11.4. The molecule has 0 fully saturated rings. The molecule has 0 N–H and O–H groups in total. The van der Waals surface area contributed by atoms with Gasteiger partial charge in [-0.25, -0.2) is 4.79 Å². The molecule has 1 aromatic rings. The zero-order valence-electron chi connectivity index (χ0n) is 9.13. The molecule has 16 heavy (non-hydrogen) atoms. The molecule has 0 bridgehead atoms. The van der Waals surface area contributed by atoms with E-state index in [1.54, 1.807) is 7.05 Å². The second-order valence-corrected chi connectivity index (χ2v) is 4.75. The van der Waals surface area contributed by atoms with Crippen LogP contribution in [0.4, 0.5) is 0 Å². The van der Waals surface area contributed by atoms with E-state index in [2.05, 4.69) is 14.0 Å². The minimum Gasteiger partial charge on any atom is -0.464 e. The number of aromatic nitrogens is 2. The van der Waals surface area contributed by atoms with E-state index in [1.807, 2.05) is 0 Å². The van der Waals surface area contributed by atoms with E-state index in [0.717, 1.165) is 6.26 Å². The molecule has 0 aromatic carbocycles. The Kier molecular flexibility index (Phi) is 3.66. The summed E-state index contributed by atoms with van der Waals surface area (Å²) in [7, 11) is -0.696. The van der Waals surface area contributed by atoms with E-state index in [4.69, 9.17) is 0 Å². The second-order valence-electron chi connectivity index (χ2n) is 3.10. The quantitative estimate of drug-likeness (QED) is 0.536. The average molecular weight is 248 g/mol. The molecule has 0 radical (unpaired) electrons. The van der Waals surface area contributed by atoms with E-state index in [9.17, 15) is 13.2 Å². The highest BCUT2D eigenvalue weighted by Crippen LogP contribution is 2.07. The van der Waals surface area contributed by atoms with Crippen LogP contribution in [0.5, 0.6) is 0 Å². The Morgan fingerprint density at radius 2 is 2.19 bits per heavy atom. The number of carbonyl (C=O) groups is 1. The molecule has 8 heteroatoms. The van der Waals surface area contributed by atoms with Crippen LogP contribution in [0.1, 0.15) is 16.2 Å². The van der Waals surface area contributed by atoms with E-state index < -0.39 is 16.1 Å². The molecule has 1 rings (SSSR count). The van der Waals surface area contributed by atoms with Crippen LogP contribution in [0.25, 0.3) is 0 Å². The number of rotatable bonds is 4. The smallest absolute Gasteiger partial charge is 0.358 e. The Hall–Kier alpha value is -1.41. The maximum Gasteiger partial charge on any atom is 0.358 e. The van der Waals surface area contributed by atoms with Crippen LogP contribution in [0.15, 0.2) is 6.07 Å². The monoisotopic (exact) mass is 248 g/mol. The van der Waals surface area contributed by atoms with Crippen molar-refractivity contribution in [1.82, 2.24) is 9.78 Å². The summed E-state index contributed by atoms with van der Waals surface area (Å²) in [5.41, 5.74) is 0.572. The van der Waals surface area contributed by atoms with Crippen LogP contribution in [0.2, 0.25) is 0 Å². The lowest BCUT2D eigenvalue weighted by atomic mass is 10.3. The van der Waals surface area contributed by atoms with Gasteiger partial charge in [-0.05, 0) is 6.07 Å². The predicted molar refractivity (Wildman–Crippen MR) is 54.2 cm³/mol. The van der Waals surface area contributed by atoms with Crippen LogP contribution in [-0.2, 0) is 32.7 Å². The van der Waals surface area contributed by atoms with Gasteiger partial charge in [0.2, 0.25) is 0 Å². The lowest BCUT2D eigenvalue weighted by Crippen LogP contribution is -2.06. The van der Waals surface area contributed by atoms with Crippen molar-refractivity contribution in [2.45, 2.75) is 6.61 Å². The number of carbonyl (C=O) groups excluding carboxylic acids is 1. The van der Waals surface area contributed by atoms with Gasteiger partial charge in [0.25, 0.3) is 10.1 Å². The van der Waals surface area contributed by atoms with Gasteiger partial charge in [-0.1, -0.05) is 0 Å². The molecular formula is C8H12N2O5S. The minimum absolute atomic E-state index is 0.108. The second kappa shape index (κ2) is 4.62. The van der Waals surface area contributed by atoms with Crippen molar-refractivity contribution in [2.75, 3.05) is 13.4 Å². The molecule has 0 unspecified atom stereocenters. The first-order chi connectivity index (χ1) is 7.33. The zero-order chi connectivity index (χ0) is 12.3. The fourth-order valence-electron chi connectivity index (χ4n) is 1.01. The maximum absolute atomic E-state index is 11.1. The summed E-state index contributed by atoms with van der Waals surface area (Å²) in [5.74, 6) is -0.582. The third-order valence-corrected chi connectivity index (χ3v) is 2.34. The van der Waals surface area contributed by atoms with Crippen LogP contribution >= 0.6 is 0 Å². The molecule has 7 nitrogen and oxygen atoms in total. The zero-order valence-corrected chi connectivity index (χ0v) is 9.94. The first-order valence-electron chi connectivity index (χ1n) is 4.29. The van der Waals surface area contributed by atoms with Crippen molar-refractivity contribution in [1.29, 1.82) is 0 Å². The van der Waals surface area contributed by atoms with Crippen LogP contribution in [-0.4, -0.2) is 37.5 Å². The van der Waals surface area contributed by atoms with Crippen molar-refractivity contribution in [3.63, 3.8) is 0 Å². The fraction of sp³-hybridized carbons (Fsp3) is 0.500. The third-order valence-electron chi connectivity index (χ3n) is 1.79. The van der Waals surface area contributed by atoms with Gasteiger partial charge in [-0.3, -0.25) is 8.86 Å². The van der Waals surface area contributed by atoms with E-state index >= 15 is 0 Å². The van der Waals surface area contributed by atoms with Crippen molar-refractivity contribution >= 4 is 16.1 Å². The molecule has 0 saturated heterocycles. The molecule has 90 valence electrons. The fourth-order valence-corrected chi connectivity index (χ4v) is 1.35. The number of methoxy groups -OCH3 is 1. The van der Waals surface area contributed by atoms with Gasteiger partial charge >= 0.3 is 5.97 Å². The van der Waals surface area contributed by atoms with Gasteiger partial charge < -0.3 is 4.74 Å². The average Bonchev–Trinajstić information content (AvgIpc) is 2.54. The minimum atomic E-state index is -3.51. The summed E-state index contributed by atoms with van der Waals surface area (Å²) in [4.78, 5) is 11.1. The first-order valence-corrected chi connectivity index (χ1v) is 6.11. The Labute approximate surface area is 93.1 Å². The molecule has 0 spiro atoms. The van der Waals surface area contributed by atoms with Gasteiger partial charge in [0.1, 0.15) is 6.61 Å². The summed E-state index contributed by atoms with van der Waals surface area (Å²) in [6, 6.07) is 1.41. The molecule has 0 aliphatic heterocycles. The number of hydrogen-bond donors (Lipinski definition) is 0. The molecule has 0 atom stereocenters. The molecule has 0 aliphatic carbocycles. The number of esters is 1. The SMILES string of the molecule is COC(=O)c1cc(COS(C)(=O)=O)n(C)n1. The van der Waals surface area contributed by atoms with Gasteiger partial charge in [-0.15, -0.1) is 0 Å². The van der Waals surface area contributed by atoms with Crippen molar-refractivity contribution in [3.05, 3.63) is 17.5 Å². The number of ether oxygens (including phenoxy) is 1. The Balaban J connectivity index is 2.82. The highest BCUT2D eigenvalue weighted by molar-refractivity contribution is 7.85. The van der Waals surface area contributed by atoms with Crippen molar-refractivity contribution in [3.8, 4) is 0 Å². The summed E-state index contributed by atoms with van der Waals surface area (Å²) in [6.07, 6.45) is 0.949. The largest absolute Gasteiger partial charge is 0.464 e. The molecule has 0 amide bonds. The molecule has 0 saturated carbocycles. The highest BCUT2D eigenvalue weighted by Gasteiger charge is 2.14. The Bertz CT molecular complexity index is 491. The lowest BCUT2D eigenvalue weighted by Gasteiger charge is -2.00. The first kappa shape index (κ1) is 12.7. The van der Waals surface area contributed by atoms with E-state index in [1.165, 1.54) is 17.9 Å². The summed E-state index contributed by atoms with van der Waals surface area (Å²) >= 11 is 0. The van der Waals surface area contributed by atoms with Crippen LogP contribution < -0.4 is 0 Å². The third kappa shape index (κ3) is 3.31. The van der Waals surface area contributed by atoms with Gasteiger partial charge in [0.05, 0.1) is 19.1 Å². The standard InChI is InChI=1S/C8H12N2O5S/c1-10-6(5-15-16(3,12)13)4-7(9-10)8(11)14-2/h4H,5H2,1-3H3. The van der Waals surface area contributed by atoms with E-state index in [0.29, 0.717) is 5.69 Å². The van der Waals surface area contributed by atoms with E-state index in [-0.39, 0.29) is 12.3 Å². The topological polar surface area (TPSA) is 87.5 Å². The van der Waals surface area contributed by atoms with Gasteiger partial charge in [0, 0.05) is 7.05 Å². The lowest BCUT2D eigenvalue weighted by molar-refractivity contribution is 0.0593. The van der Waals surface area contributed by atoms with Gasteiger partial charge in [0.15, 0.2) is 5.69 Å². The highest BCUT2D eigenvalue weighted by atomic mass is 32.2. The van der Waals surface area contributed by atoms with Crippen LogP contribution in [0.3, 0.4) is 0 Å². The summed E-state index contributed by atoms with van der Waals surface area (Å²) in [6.45, 7) is -0.167. The van der Waals surface area contributed by atoms with Crippen molar-refractivity contribution < 1.29 is 22.1 Å².